The standard InChI is InChI=1S/C10H12ClFN2O/c1-7-5-13(10(15)9(11)12)6-8-3-2-4-14(7)8/h2-4,7,9H,5-6H2,1H3/t7-,9?/m0/s1. The van der Waals surface area contributed by atoms with Gasteiger partial charge in [0.25, 0.3) is 11.5 Å². The lowest BCUT2D eigenvalue weighted by Crippen LogP contribution is -2.42. The van der Waals surface area contributed by atoms with Crippen molar-refractivity contribution < 1.29 is 9.18 Å². The number of hydrogen-bond donors (Lipinski definition) is 0. The van der Waals surface area contributed by atoms with Gasteiger partial charge in [0.05, 0.1) is 6.54 Å². The van der Waals surface area contributed by atoms with Crippen LogP contribution in [0.1, 0.15) is 18.7 Å². The van der Waals surface area contributed by atoms with Crippen LogP contribution in [0.3, 0.4) is 0 Å². The average Bonchev–Trinajstić information content (AvgIpc) is 2.64. The van der Waals surface area contributed by atoms with Crippen LogP contribution in [-0.2, 0) is 11.3 Å². The van der Waals surface area contributed by atoms with Crippen molar-refractivity contribution in [1.29, 1.82) is 0 Å². The highest BCUT2D eigenvalue weighted by atomic mass is 35.5. The van der Waals surface area contributed by atoms with Crippen LogP contribution >= 0.6 is 11.6 Å². The number of nitrogens with zero attached hydrogens (tertiary/aromatic N) is 2. The number of hydrogen-bond acceptors (Lipinski definition) is 1. The molecule has 0 aromatic carbocycles. The van der Waals surface area contributed by atoms with E-state index < -0.39 is 11.5 Å². The van der Waals surface area contributed by atoms with Gasteiger partial charge in [0.15, 0.2) is 0 Å². The molecule has 5 heteroatoms. The first-order chi connectivity index (χ1) is 7.09. The second-order valence-electron chi connectivity index (χ2n) is 3.78. The van der Waals surface area contributed by atoms with Crippen molar-refractivity contribution in [3.8, 4) is 0 Å². The highest BCUT2D eigenvalue weighted by molar-refractivity contribution is 6.29. The predicted octanol–water partition coefficient (Wildman–Crippen LogP) is 1.93. The van der Waals surface area contributed by atoms with Crippen molar-refractivity contribution in [3.63, 3.8) is 0 Å². The van der Waals surface area contributed by atoms with E-state index in [4.69, 9.17) is 11.6 Å². The smallest absolute Gasteiger partial charge is 0.273 e. The quantitative estimate of drug-likeness (QED) is 0.677. The Kier molecular flexibility index (Phi) is 2.69. The minimum atomic E-state index is -1.93. The van der Waals surface area contributed by atoms with E-state index in [1.165, 1.54) is 4.90 Å². The second kappa shape index (κ2) is 3.85. The van der Waals surface area contributed by atoms with Gasteiger partial charge in [0.2, 0.25) is 0 Å². The molecule has 15 heavy (non-hydrogen) atoms. The molecule has 1 unspecified atom stereocenters. The Morgan fingerprint density at radius 3 is 3.13 bits per heavy atom. The molecule has 0 spiro atoms. The van der Waals surface area contributed by atoms with Crippen molar-refractivity contribution >= 4 is 17.5 Å². The molecule has 2 heterocycles. The number of amides is 1. The maximum atomic E-state index is 12.7. The van der Waals surface area contributed by atoms with E-state index in [-0.39, 0.29) is 6.04 Å². The fraction of sp³-hybridized carbons (Fsp3) is 0.500. The highest BCUT2D eigenvalue weighted by Crippen LogP contribution is 2.22. The Balaban J connectivity index is 2.19. The molecule has 0 N–H and O–H groups in total. The van der Waals surface area contributed by atoms with Crippen molar-refractivity contribution in [2.45, 2.75) is 25.1 Å². The summed E-state index contributed by atoms with van der Waals surface area (Å²) >= 11 is 5.15. The van der Waals surface area contributed by atoms with Crippen LogP contribution in [0.4, 0.5) is 4.39 Å². The molecule has 0 saturated carbocycles. The van der Waals surface area contributed by atoms with Gasteiger partial charge in [0, 0.05) is 24.5 Å². The van der Waals surface area contributed by atoms with Crippen LogP contribution in [-0.4, -0.2) is 27.5 Å². The third kappa shape index (κ3) is 1.86. The number of alkyl halides is 2. The van der Waals surface area contributed by atoms with E-state index in [0.717, 1.165) is 5.69 Å². The summed E-state index contributed by atoms with van der Waals surface area (Å²) in [6.07, 6.45) is 1.97. The highest BCUT2D eigenvalue weighted by Gasteiger charge is 2.28. The van der Waals surface area contributed by atoms with E-state index in [9.17, 15) is 9.18 Å². The van der Waals surface area contributed by atoms with Crippen molar-refractivity contribution in [2.24, 2.45) is 0 Å². The molecule has 2 rings (SSSR count). The molecular weight excluding hydrogens is 219 g/mol. The molecule has 1 aromatic heterocycles. The summed E-state index contributed by atoms with van der Waals surface area (Å²) in [6, 6.07) is 4.02. The fourth-order valence-electron chi connectivity index (χ4n) is 1.97. The predicted molar refractivity (Wildman–Crippen MR) is 55.3 cm³/mol. The lowest BCUT2D eigenvalue weighted by Gasteiger charge is -2.33. The lowest BCUT2D eigenvalue weighted by molar-refractivity contribution is -0.135. The average molecular weight is 231 g/mol. The van der Waals surface area contributed by atoms with Crippen molar-refractivity contribution in [3.05, 3.63) is 24.0 Å². The number of halogens is 2. The lowest BCUT2D eigenvalue weighted by atomic mass is 10.2. The minimum absolute atomic E-state index is 0.170. The first-order valence-corrected chi connectivity index (χ1v) is 5.26. The minimum Gasteiger partial charge on any atom is -0.345 e. The fourth-order valence-corrected chi connectivity index (χ4v) is 2.10. The number of fused-ring (bicyclic) bond motifs is 1. The molecule has 0 fully saturated rings. The summed E-state index contributed by atoms with van der Waals surface area (Å²) in [6.45, 7) is 2.93. The summed E-state index contributed by atoms with van der Waals surface area (Å²) in [5.74, 6) is -0.643. The molecule has 0 radical (unpaired) electrons. The van der Waals surface area contributed by atoms with Gasteiger partial charge in [-0.1, -0.05) is 11.6 Å². The molecule has 3 nitrogen and oxygen atoms in total. The van der Waals surface area contributed by atoms with E-state index in [1.807, 2.05) is 25.3 Å². The molecule has 0 aliphatic carbocycles. The number of carbonyl (C=O) groups is 1. The zero-order valence-corrected chi connectivity index (χ0v) is 9.12. The van der Waals surface area contributed by atoms with Gasteiger partial charge in [-0.3, -0.25) is 4.79 Å². The molecule has 1 aliphatic heterocycles. The summed E-state index contributed by atoms with van der Waals surface area (Å²) in [5, 5.41) is 0. The second-order valence-corrected chi connectivity index (χ2v) is 4.16. The van der Waals surface area contributed by atoms with Crippen LogP contribution < -0.4 is 0 Å². The monoisotopic (exact) mass is 230 g/mol. The van der Waals surface area contributed by atoms with Crippen LogP contribution in [0, 0.1) is 0 Å². The van der Waals surface area contributed by atoms with Gasteiger partial charge in [0.1, 0.15) is 0 Å². The maximum Gasteiger partial charge on any atom is 0.273 e. The number of carbonyl (C=O) groups excluding carboxylic acids is 1. The zero-order chi connectivity index (χ0) is 11.0. The van der Waals surface area contributed by atoms with Gasteiger partial charge >= 0.3 is 0 Å². The Hall–Kier alpha value is -1.03. The molecule has 2 atom stereocenters. The number of aromatic nitrogens is 1. The molecular formula is C10H12ClFN2O. The summed E-state index contributed by atoms with van der Waals surface area (Å²) < 4.78 is 14.8. The summed E-state index contributed by atoms with van der Waals surface area (Å²) in [5.41, 5.74) is -0.918. The summed E-state index contributed by atoms with van der Waals surface area (Å²) in [7, 11) is 0. The van der Waals surface area contributed by atoms with Gasteiger partial charge < -0.3 is 9.47 Å². The Labute approximate surface area is 92.4 Å². The van der Waals surface area contributed by atoms with Crippen LogP contribution in [0.25, 0.3) is 0 Å². The van der Waals surface area contributed by atoms with Crippen LogP contribution in [0.5, 0.6) is 0 Å². The third-order valence-corrected chi connectivity index (χ3v) is 2.86. The SMILES string of the molecule is C[C@H]1CN(C(=O)C(F)Cl)Cc2cccn21. The van der Waals surface area contributed by atoms with Crippen molar-refractivity contribution in [1.82, 2.24) is 9.47 Å². The first-order valence-electron chi connectivity index (χ1n) is 4.82. The Bertz CT molecular complexity index is 377. The van der Waals surface area contributed by atoms with E-state index in [0.29, 0.717) is 13.1 Å². The Morgan fingerprint density at radius 2 is 2.47 bits per heavy atom. The topological polar surface area (TPSA) is 25.2 Å². The van der Waals surface area contributed by atoms with Crippen molar-refractivity contribution in [2.75, 3.05) is 6.54 Å². The van der Waals surface area contributed by atoms with Crippen LogP contribution in [0.15, 0.2) is 18.3 Å². The first kappa shape index (κ1) is 10.5. The number of rotatable bonds is 1. The van der Waals surface area contributed by atoms with E-state index in [1.54, 1.807) is 0 Å². The summed E-state index contributed by atoms with van der Waals surface area (Å²) in [4.78, 5) is 12.8. The maximum absolute atomic E-state index is 12.7. The van der Waals surface area contributed by atoms with E-state index >= 15 is 0 Å². The van der Waals surface area contributed by atoms with Gasteiger partial charge in [-0.05, 0) is 19.1 Å². The largest absolute Gasteiger partial charge is 0.345 e. The molecule has 1 amide bonds. The normalized spacial score (nSPS) is 22.3. The molecule has 1 aromatic rings. The zero-order valence-electron chi connectivity index (χ0n) is 8.36. The Morgan fingerprint density at radius 1 is 1.73 bits per heavy atom. The molecule has 0 saturated heterocycles. The van der Waals surface area contributed by atoms with Crippen LogP contribution in [0.2, 0.25) is 0 Å². The van der Waals surface area contributed by atoms with Gasteiger partial charge in [-0.15, -0.1) is 0 Å². The van der Waals surface area contributed by atoms with Gasteiger partial charge in [-0.2, -0.15) is 0 Å². The van der Waals surface area contributed by atoms with E-state index in [2.05, 4.69) is 4.57 Å². The molecule has 0 bridgehead atoms. The molecule has 82 valence electrons. The van der Waals surface area contributed by atoms with Gasteiger partial charge in [-0.25, -0.2) is 4.39 Å². The molecule has 1 aliphatic rings. The third-order valence-electron chi connectivity index (χ3n) is 2.68.